The zero-order chi connectivity index (χ0) is 5.41. The molecule has 0 atom stereocenters. The van der Waals surface area contributed by atoms with Gasteiger partial charge in [0.2, 0.25) is 0 Å². The molecule has 0 heterocycles. The maximum absolute atomic E-state index is 8.42. The van der Waals surface area contributed by atoms with E-state index in [1.807, 2.05) is 0 Å². The van der Waals surface area contributed by atoms with Gasteiger partial charge in [0.15, 0.2) is 0 Å². The maximum atomic E-state index is 8.42. The molecule has 0 fully saturated rings. The van der Waals surface area contributed by atoms with Crippen molar-refractivity contribution >= 4 is 0 Å². The Labute approximate surface area is 53.2 Å². The Morgan fingerprint density at radius 1 is 1.17 bits per heavy atom. The van der Waals surface area contributed by atoms with Crippen LogP contribution >= 0.6 is 0 Å². The predicted molar refractivity (Wildman–Crippen MR) is 18.8 cm³/mol. The Balaban J connectivity index is 0. The van der Waals surface area contributed by atoms with Crippen LogP contribution in [0.2, 0.25) is 0 Å². The second-order valence-electron chi connectivity index (χ2n) is 0.577. The Morgan fingerprint density at radius 2 is 1.33 bits per heavy atom. The van der Waals surface area contributed by atoms with E-state index in [0.717, 1.165) is 0 Å². The molecule has 0 aliphatic carbocycles. The van der Waals surface area contributed by atoms with Crippen molar-refractivity contribution in [3.63, 3.8) is 0 Å². The standard InChI is InChI=1S/C2H8N2.Cd.O/c3-1-2-4;;/h1-4H2;;. The van der Waals surface area contributed by atoms with Gasteiger partial charge in [-0.05, 0) is 0 Å². The molecule has 0 aromatic rings. The molecular formula is C2H8CdN2O. The molecule has 0 aromatic heterocycles. The minimum atomic E-state index is -0.1000. The van der Waals surface area contributed by atoms with E-state index in [-0.39, 0.29) is 25.8 Å². The molecule has 3 nitrogen and oxygen atoms in total. The summed E-state index contributed by atoms with van der Waals surface area (Å²) in [6.45, 7) is 1.19. The van der Waals surface area contributed by atoms with Gasteiger partial charge in [0.1, 0.15) is 0 Å². The molecule has 0 bridgehead atoms. The Morgan fingerprint density at radius 3 is 1.33 bits per heavy atom. The summed E-state index contributed by atoms with van der Waals surface area (Å²) in [6, 6.07) is 0. The van der Waals surface area contributed by atoms with Gasteiger partial charge in [0.25, 0.3) is 0 Å². The third-order valence-electron chi connectivity index (χ3n) is 0.167. The van der Waals surface area contributed by atoms with Gasteiger partial charge in [-0.1, -0.05) is 0 Å². The van der Waals surface area contributed by atoms with Crippen LogP contribution in [0.15, 0.2) is 0 Å². The first-order valence-corrected chi connectivity index (χ1v) is 3.25. The van der Waals surface area contributed by atoms with E-state index in [4.69, 9.17) is 14.2 Å². The van der Waals surface area contributed by atoms with Crippen LogP contribution in [0.4, 0.5) is 0 Å². The summed E-state index contributed by atoms with van der Waals surface area (Å²) in [5.74, 6) is 0. The third-order valence-corrected chi connectivity index (χ3v) is 0.167. The fraction of sp³-hybridized carbons (Fsp3) is 1.00. The molecule has 0 saturated heterocycles. The first kappa shape index (κ1) is 9.81. The summed E-state index contributed by atoms with van der Waals surface area (Å²) < 4.78 is 8.42. The molecule has 4 N–H and O–H groups in total. The van der Waals surface area contributed by atoms with Crippen molar-refractivity contribution in [2.24, 2.45) is 11.5 Å². The summed E-state index contributed by atoms with van der Waals surface area (Å²) in [6.07, 6.45) is 0. The number of hydrogen-bond acceptors (Lipinski definition) is 3. The molecule has 0 radical (unpaired) electrons. The SMILES string of the molecule is NCCN.[O]=[Cd]. The van der Waals surface area contributed by atoms with Crippen LogP contribution in [0.25, 0.3) is 0 Å². The van der Waals surface area contributed by atoms with Crippen LogP contribution in [0.1, 0.15) is 0 Å². The molecule has 0 saturated carbocycles. The van der Waals surface area contributed by atoms with Crippen molar-refractivity contribution in [3.8, 4) is 0 Å². The van der Waals surface area contributed by atoms with E-state index < -0.39 is 0 Å². The Hall–Kier alpha value is 0.642. The number of rotatable bonds is 1. The zero-order valence-electron chi connectivity index (χ0n) is 3.68. The van der Waals surface area contributed by atoms with Crippen LogP contribution in [0, 0.1) is 0 Å². The summed E-state index contributed by atoms with van der Waals surface area (Å²) >= 11 is -0.1000. The van der Waals surface area contributed by atoms with Crippen molar-refractivity contribution in [2.45, 2.75) is 0 Å². The summed E-state index contributed by atoms with van der Waals surface area (Å²) in [5.41, 5.74) is 9.81. The monoisotopic (exact) mass is 190 g/mol. The first-order valence-electron chi connectivity index (χ1n) is 1.61. The van der Waals surface area contributed by atoms with Gasteiger partial charge in [-0.2, -0.15) is 0 Å². The second-order valence-corrected chi connectivity index (χ2v) is 0.577. The second kappa shape index (κ2) is 17.4. The summed E-state index contributed by atoms with van der Waals surface area (Å²) in [4.78, 5) is 0. The molecule has 4 heteroatoms. The minimum absolute atomic E-state index is 0.1000. The van der Waals surface area contributed by atoms with Gasteiger partial charge >= 0.3 is 28.5 Å². The van der Waals surface area contributed by atoms with Crippen molar-refractivity contribution in [3.05, 3.63) is 0 Å². The van der Waals surface area contributed by atoms with Crippen molar-refractivity contribution in [1.29, 1.82) is 0 Å². The zero-order valence-corrected chi connectivity index (χ0v) is 7.72. The van der Waals surface area contributed by atoms with Crippen LogP contribution in [0.3, 0.4) is 0 Å². The van der Waals surface area contributed by atoms with E-state index in [1.165, 1.54) is 0 Å². The average Bonchev–Trinajstić information content (AvgIpc) is 1.72. The van der Waals surface area contributed by atoms with Crippen molar-refractivity contribution in [2.75, 3.05) is 13.1 Å². The summed E-state index contributed by atoms with van der Waals surface area (Å²) in [5, 5.41) is 0. The van der Waals surface area contributed by atoms with Crippen LogP contribution in [-0.4, -0.2) is 13.1 Å². The molecule has 0 aromatic carbocycles. The molecule has 0 spiro atoms. The Bertz CT molecular complexity index is 19.0. The van der Waals surface area contributed by atoms with Crippen molar-refractivity contribution in [1.82, 2.24) is 0 Å². The van der Waals surface area contributed by atoms with Crippen LogP contribution in [0.5, 0.6) is 0 Å². The normalized spacial score (nSPS) is 6.00. The first-order chi connectivity index (χ1) is 2.91. The van der Waals surface area contributed by atoms with Gasteiger partial charge in [-0.15, -0.1) is 0 Å². The average molecular weight is 189 g/mol. The molecule has 34 valence electrons. The van der Waals surface area contributed by atoms with Gasteiger partial charge in [-0.3, -0.25) is 0 Å². The molecule has 0 aliphatic heterocycles. The van der Waals surface area contributed by atoms with Gasteiger partial charge in [0, 0.05) is 13.1 Å². The van der Waals surface area contributed by atoms with Crippen LogP contribution < -0.4 is 11.5 Å². The quantitative estimate of drug-likeness (QED) is 0.507. The third kappa shape index (κ3) is 22.8. The molecule has 0 aliphatic rings. The predicted octanol–water partition coefficient (Wildman–Crippen LogP) is -1.22. The van der Waals surface area contributed by atoms with E-state index in [2.05, 4.69) is 0 Å². The molecular weight excluding hydrogens is 180 g/mol. The molecule has 0 unspecified atom stereocenters. The fourth-order valence-corrected chi connectivity index (χ4v) is 0. The number of hydrogen-bond donors (Lipinski definition) is 2. The van der Waals surface area contributed by atoms with E-state index in [9.17, 15) is 0 Å². The number of nitrogens with two attached hydrogens (primary N) is 2. The van der Waals surface area contributed by atoms with Gasteiger partial charge in [-0.25, -0.2) is 0 Å². The Kier molecular flexibility index (Phi) is 28.5. The van der Waals surface area contributed by atoms with E-state index >= 15 is 0 Å². The van der Waals surface area contributed by atoms with E-state index in [0.29, 0.717) is 13.1 Å². The van der Waals surface area contributed by atoms with E-state index in [1.54, 1.807) is 0 Å². The van der Waals surface area contributed by atoms with Crippen LogP contribution in [-0.2, 0) is 28.5 Å². The molecule has 0 rings (SSSR count). The van der Waals surface area contributed by atoms with Crippen molar-refractivity contribution < 1.29 is 28.5 Å². The van der Waals surface area contributed by atoms with Gasteiger partial charge < -0.3 is 11.5 Å². The summed E-state index contributed by atoms with van der Waals surface area (Å²) in [7, 11) is 0. The molecule has 0 amide bonds. The topological polar surface area (TPSA) is 69.1 Å². The van der Waals surface area contributed by atoms with Gasteiger partial charge in [0.05, 0.1) is 0 Å². The molecule has 6 heavy (non-hydrogen) atoms. The fourth-order valence-electron chi connectivity index (χ4n) is 0.